The van der Waals surface area contributed by atoms with Crippen LogP contribution < -0.4 is 5.73 Å². The van der Waals surface area contributed by atoms with Crippen molar-refractivity contribution in [2.45, 2.75) is 38.0 Å². The molecule has 0 saturated heterocycles. The van der Waals surface area contributed by atoms with Crippen molar-refractivity contribution in [1.29, 1.82) is 0 Å². The van der Waals surface area contributed by atoms with Gasteiger partial charge in [0, 0.05) is 12.3 Å². The molecule has 1 fully saturated rings. The average molecular weight is 283 g/mol. The first-order chi connectivity index (χ1) is 7.46. The molecule has 0 aromatic heterocycles. The van der Waals surface area contributed by atoms with Crippen LogP contribution >= 0.6 is 0 Å². The summed E-state index contributed by atoms with van der Waals surface area (Å²) in [7, 11) is -6.67. The summed E-state index contributed by atoms with van der Waals surface area (Å²) >= 11 is 0. The summed E-state index contributed by atoms with van der Waals surface area (Å²) in [5.74, 6) is -0.640. The summed E-state index contributed by atoms with van der Waals surface area (Å²) < 4.78 is 46.1. The number of rotatable bonds is 4. The largest absolute Gasteiger partial charge is 0.326 e. The van der Waals surface area contributed by atoms with Gasteiger partial charge in [0.15, 0.2) is 9.84 Å². The van der Waals surface area contributed by atoms with E-state index < -0.39 is 31.0 Å². The van der Waals surface area contributed by atoms with Crippen molar-refractivity contribution in [2.24, 2.45) is 11.1 Å². The SMILES string of the molecule is CC1(C)CCC(S(=O)(=O)CCS(C)(=O)=O)C1N. The molecule has 5 nitrogen and oxygen atoms in total. The highest BCUT2D eigenvalue weighted by atomic mass is 32.2. The Labute approximate surface area is 104 Å². The highest BCUT2D eigenvalue weighted by molar-refractivity contribution is 7.95. The lowest BCUT2D eigenvalue weighted by Crippen LogP contribution is -2.44. The minimum atomic E-state index is -3.42. The summed E-state index contributed by atoms with van der Waals surface area (Å²) in [5.41, 5.74) is 5.76. The van der Waals surface area contributed by atoms with Crippen LogP contribution in [0.25, 0.3) is 0 Å². The van der Waals surface area contributed by atoms with E-state index in [9.17, 15) is 16.8 Å². The van der Waals surface area contributed by atoms with E-state index >= 15 is 0 Å². The molecule has 0 spiro atoms. The Hall–Kier alpha value is -0.140. The number of sulfone groups is 2. The van der Waals surface area contributed by atoms with Gasteiger partial charge in [0.05, 0.1) is 16.8 Å². The van der Waals surface area contributed by atoms with Crippen molar-refractivity contribution in [1.82, 2.24) is 0 Å². The minimum absolute atomic E-state index is 0.192. The molecule has 0 radical (unpaired) electrons. The summed E-state index contributed by atoms with van der Waals surface area (Å²) in [4.78, 5) is 0. The van der Waals surface area contributed by atoms with Crippen LogP contribution in [0.3, 0.4) is 0 Å². The molecule has 1 saturated carbocycles. The summed E-state index contributed by atoms with van der Waals surface area (Å²) in [6.07, 6.45) is 2.33. The third kappa shape index (κ3) is 3.66. The van der Waals surface area contributed by atoms with Gasteiger partial charge in [-0.3, -0.25) is 0 Å². The summed E-state index contributed by atoms with van der Waals surface area (Å²) in [6.45, 7) is 3.90. The molecule has 7 heteroatoms. The summed E-state index contributed by atoms with van der Waals surface area (Å²) in [5, 5.41) is -0.598. The second kappa shape index (κ2) is 4.51. The molecule has 17 heavy (non-hydrogen) atoms. The van der Waals surface area contributed by atoms with Crippen LogP contribution in [0, 0.1) is 5.41 Å². The Morgan fingerprint density at radius 3 is 2.06 bits per heavy atom. The van der Waals surface area contributed by atoms with Gasteiger partial charge in [-0.05, 0) is 18.3 Å². The molecule has 1 aliphatic carbocycles. The summed E-state index contributed by atoms with van der Waals surface area (Å²) in [6, 6.07) is -0.410. The highest BCUT2D eigenvalue weighted by Gasteiger charge is 2.45. The van der Waals surface area contributed by atoms with E-state index in [4.69, 9.17) is 5.73 Å². The fourth-order valence-electron chi connectivity index (χ4n) is 2.19. The van der Waals surface area contributed by atoms with Crippen LogP contribution in [0.2, 0.25) is 0 Å². The van der Waals surface area contributed by atoms with Crippen LogP contribution in [-0.4, -0.2) is 45.9 Å². The number of hydrogen-bond acceptors (Lipinski definition) is 5. The second-order valence-corrected chi connectivity index (χ2v) is 10.2. The standard InChI is InChI=1S/C10H21NO4S2/c1-10(2)5-4-8(9(10)11)17(14,15)7-6-16(3,12)13/h8-9H,4-7,11H2,1-3H3. The minimum Gasteiger partial charge on any atom is -0.326 e. The van der Waals surface area contributed by atoms with Crippen LogP contribution in [0.1, 0.15) is 26.7 Å². The molecule has 0 aromatic rings. The van der Waals surface area contributed by atoms with Crippen molar-refractivity contribution in [3.63, 3.8) is 0 Å². The van der Waals surface area contributed by atoms with E-state index in [1.54, 1.807) is 0 Å². The lowest BCUT2D eigenvalue weighted by Gasteiger charge is -2.26. The van der Waals surface area contributed by atoms with E-state index in [1.165, 1.54) is 0 Å². The predicted octanol–water partition coefficient (Wildman–Crippen LogP) is -0.0383. The first-order valence-electron chi connectivity index (χ1n) is 5.61. The van der Waals surface area contributed by atoms with Gasteiger partial charge in [0.25, 0.3) is 0 Å². The molecular formula is C10H21NO4S2. The van der Waals surface area contributed by atoms with Crippen LogP contribution in [-0.2, 0) is 19.7 Å². The van der Waals surface area contributed by atoms with Gasteiger partial charge >= 0.3 is 0 Å². The molecule has 1 aliphatic rings. The van der Waals surface area contributed by atoms with Gasteiger partial charge in [-0.15, -0.1) is 0 Å². The maximum Gasteiger partial charge on any atom is 0.155 e. The van der Waals surface area contributed by atoms with Gasteiger partial charge in [0.1, 0.15) is 9.84 Å². The van der Waals surface area contributed by atoms with E-state index in [-0.39, 0.29) is 16.9 Å². The molecule has 2 atom stereocenters. The maximum atomic E-state index is 12.0. The zero-order valence-electron chi connectivity index (χ0n) is 10.5. The van der Waals surface area contributed by atoms with E-state index in [0.717, 1.165) is 12.7 Å². The predicted molar refractivity (Wildman–Crippen MR) is 68.3 cm³/mol. The molecular weight excluding hydrogens is 262 g/mol. The Bertz CT molecular complexity index is 478. The lowest BCUT2D eigenvalue weighted by atomic mass is 9.88. The van der Waals surface area contributed by atoms with Gasteiger partial charge in [0.2, 0.25) is 0 Å². The smallest absolute Gasteiger partial charge is 0.155 e. The third-order valence-corrected chi connectivity index (χ3v) is 7.00. The van der Waals surface area contributed by atoms with Crippen molar-refractivity contribution >= 4 is 19.7 Å². The zero-order chi connectivity index (χ0) is 13.5. The van der Waals surface area contributed by atoms with Crippen LogP contribution in [0.5, 0.6) is 0 Å². The normalized spacial score (nSPS) is 29.4. The molecule has 2 N–H and O–H groups in total. The lowest BCUT2D eigenvalue weighted by molar-refractivity contribution is 0.332. The van der Waals surface area contributed by atoms with Crippen LogP contribution in [0.4, 0.5) is 0 Å². The molecule has 0 heterocycles. The fourth-order valence-corrected chi connectivity index (χ4v) is 5.92. The van der Waals surface area contributed by atoms with Crippen molar-refractivity contribution in [2.75, 3.05) is 17.8 Å². The van der Waals surface area contributed by atoms with Crippen molar-refractivity contribution < 1.29 is 16.8 Å². The first-order valence-corrected chi connectivity index (χ1v) is 9.38. The van der Waals surface area contributed by atoms with Gasteiger partial charge < -0.3 is 5.73 Å². The molecule has 0 aromatic carbocycles. The Morgan fingerprint density at radius 2 is 1.71 bits per heavy atom. The van der Waals surface area contributed by atoms with Crippen LogP contribution in [0.15, 0.2) is 0 Å². The second-order valence-electron chi connectivity index (χ2n) is 5.59. The number of hydrogen-bond donors (Lipinski definition) is 1. The fraction of sp³-hybridized carbons (Fsp3) is 1.00. The first kappa shape index (κ1) is 14.9. The zero-order valence-corrected chi connectivity index (χ0v) is 12.1. The quantitative estimate of drug-likeness (QED) is 0.781. The average Bonchev–Trinajstić information content (AvgIpc) is 2.39. The van der Waals surface area contributed by atoms with E-state index in [1.807, 2.05) is 13.8 Å². The monoisotopic (exact) mass is 283 g/mol. The Balaban J connectivity index is 2.80. The van der Waals surface area contributed by atoms with E-state index in [2.05, 4.69) is 0 Å². The molecule has 1 rings (SSSR count). The van der Waals surface area contributed by atoms with Gasteiger partial charge in [-0.25, -0.2) is 16.8 Å². The van der Waals surface area contributed by atoms with Crippen molar-refractivity contribution in [3.8, 4) is 0 Å². The van der Waals surface area contributed by atoms with Crippen molar-refractivity contribution in [3.05, 3.63) is 0 Å². The number of nitrogens with two attached hydrogens (primary N) is 1. The highest BCUT2D eigenvalue weighted by Crippen LogP contribution is 2.39. The Morgan fingerprint density at radius 1 is 1.18 bits per heavy atom. The molecule has 0 aliphatic heterocycles. The molecule has 2 unspecified atom stereocenters. The topological polar surface area (TPSA) is 94.3 Å². The molecule has 0 bridgehead atoms. The molecule has 102 valence electrons. The van der Waals surface area contributed by atoms with Gasteiger partial charge in [-0.1, -0.05) is 13.8 Å². The third-order valence-electron chi connectivity index (χ3n) is 3.58. The Kier molecular flexibility index (Phi) is 3.96. The van der Waals surface area contributed by atoms with E-state index in [0.29, 0.717) is 6.42 Å². The molecule has 0 amide bonds. The van der Waals surface area contributed by atoms with Gasteiger partial charge in [-0.2, -0.15) is 0 Å². The maximum absolute atomic E-state index is 12.0.